The molecule has 2 rings (SSSR count). The van der Waals surface area contributed by atoms with Gasteiger partial charge in [0, 0.05) is 32.2 Å². The van der Waals surface area contributed by atoms with Crippen molar-refractivity contribution in [1.82, 2.24) is 9.88 Å². The Morgan fingerprint density at radius 3 is 2.55 bits per heavy atom. The Balaban J connectivity index is 1.95. The van der Waals surface area contributed by atoms with E-state index in [0.29, 0.717) is 12.4 Å². The first kappa shape index (κ1) is 16.4. The minimum absolute atomic E-state index is 0.234. The van der Waals surface area contributed by atoms with Crippen LogP contribution in [0.1, 0.15) is 27.2 Å². The first-order chi connectivity index (χ1) is 10.4. The number of ether oxygens (including phenoxy) is 2. The van der Waals surface area contributed by atoms with Gasteiger partial charge in [0.15, 0.2) is 0 Å². The smallest absolute Gasteiger partial charge is 0.410 e. The van der Waals surface area contributed by atoms with Gasteiger partial charge in [0.1, 0.15) is 5.60 Å². The Bertz CT molecular complexity index is 496. The molecule has 6 nitrogen and oxygen atoms in total. The van der Waals surface area contributed by atoms with E-state index < -0.39 is 5.60 Å². The number of aromatic nitrogens is 1. The summed E-state index contributed by atoms with van der Waals surface area (Å²) in [5.74, 6) is 0.606. The zero-order valence-corrected chi connectivity index (χ0v) is 13.8. The lowest BCUT2D eigenvalue weighted by Crippen LogP contribution is -2.39. The van der Waals surface area contributed by atoms with Crippen molar-refractivity contribution in [1.29, 1.82) is 0 Å². The number of pyridine rings is 1. The van der Waals surface area contributed by atoms with Gasteiger partial charge in [-0.2, -0.15) is 0 Å². The summed E-state index contributed by atoms with van der Waals surface area (Å²) >= 11 is 0. The number of nitrogens with zero attached hydrogens (tertiary/aromatic N) is 3. The summed E-state index contributed by atoms with van der Waals surface area (Å²) in [6.45, 7) is 8.70. The van der Waals surface area contributed by atoms with Gasteiger partial charge in [-0.25, -0.2) is 9.78 Å². The molecule has 1 aromatic rings. The lowest BCUT2D eigenvalue weighted by Gasteiger charge is -2.26. The van der Waals surface area contributed by atoms with Gasteiger partial charge in [0.2, 0.25) is 5.88 Å². The van der Waals surface area contributed by atoms with Crippen LogP contribution in [0, 0.1) is 0 Å². The van der Waals surface area contributed by atoms with E-state index in [0.717, 1.165) is 31.7 Å². The summed E-state index contributed by atoms with van der Waals surface area (Å²) in [6.07, 6.45) is 2.48. The van der Waals surface area contributed by atoms with Crippen molar-refractivity contribution in [2.45, 2.75) is 32.8 Å². The monoisotopic (exact) mass is 307 g/mol. The molecule has 1 aliphatic rings. The van der Waals surface area contributed by atoms with Gasteiger partial charge in [-0.1, -0.05) is 0 Å². The van der Waals surface area contributed by atoms with E-state index in [4.69, 9.17) is 9.47 Å². The molecule has 0 spiro atoms. The summed E-state index contributed by atoms with van der Waals surface area (Å²) in [7, 11) is 1.60. The van der Waals surface area contributed by atoms with E-state index in [9.17, 15) is 4.79 Å². The van der Waals surface area contributed by atoms with Gasteiger partial charge in [-0.15, -0.1) is 0 Å². The molecule has 122 valence electrons. The molecule has 1 fully saturated rings. The third-order valence-electron chi connectivity index (χ3n) is 3.44. The van der Waals surface area contributed by atoms with Crippen LogP contribution >= 0.6 is 0 Å². The number of amides is 1. The van der Waals surface area contributed by atoms with Crippen molar-refractivity contribution in [3.8, 4) is 5.88 Å². The first-order valence-electron chi connectivity index (χ1n) is 7.62. The number of anilines is 1. The standard InChI is InChI=1S/C16H25N3O3/c1-16(2,3)22-15(20)19-9-5-8-18(10-11-19)13-6-7-14(21-4)17-12-13/h6-7,12H,5,8-11H2,1-4H3. The van der Waals surface area contributed by atoms with Crippen molar-refractivity contribution < 1.29 is 14.3 Å². The normalized spacial score (nSPS) is 16.2. The maximum absolute atomic E-state index is 12.1. The molecule has 1 aromatic heterocycles. The Morgan fingerprint density at radius 1 is 1.18 bits per heavy atom. The fraction of sp³-hybridized carbons (Fsp3) is 0.625. The Hall–Kier alpha value is -1.98. The van der Waals surface area contributed by atoms with E-state index in [1.807, 2.05) is 39.1 Å². The zero-order chi connectivity index (χ0) is 16.2. The van der Waals surface area contributed by atoms with Crippen molar-refractivity contribution in [3.63, 3.8) is 0 Å². The summed E-state index contributed by atoms with van der Waals surface area (Å²) in [5, 5.41) is 0. The van der Waals surface area contributed by atoms with Crippen LogP contribution in [0.4, 0.5) is 10.5 Å². The molecule has 0 saturated carbocycles. The molecule has 0 bridgehead atoms. The number of hydrogen-bond acceptors (Lipinski definition) is 5. The number of hydrogen-bond donors (Lipinski definition) is 0. The molecule has 0 N–H and O–H groups in total. The molecule has 0 unspecified atom stereocenters. The highest BCUT2D eigenvalue weighted by Gasteiger charge is 2.24. The SMILES string of the molecule is COc1ccc(N2CCCN(C(=O)OC(C)(C)C)CC2)cn1. The Kier molecular flexibility index (Phi) is 5.11. The van der Waals surface area contributed by atoms with E-state index >= 15 is 0 Å². The highest BCUT2D eigenvalue weighted by atomic mass is 16.6. The molecule has 22 heavy (non-hydrogen) atoms. The predicted octanol–water partition coefficient (Wildman–Crippen LogP) is 2.54. The third-order valence-corrected chi connectivity index (χ3v) is 3.44. The molecule has 2 heterocycles. The lowest BCUT2D eigenvalue weighted by molar-refractivity contribution is 0.0263. The molecule has 0 atom stereocenters. The van der Waals surface area contributed by atoms with Gasteiger partial charge in [-0.3, -0.25) is 0 Å². The Morgan fingerprint density at radius 2 is 1.95 bits per heavy atom. The van der Waals surface area contributed by atoms with E-state index in [1.165, 1.54) is 0 Å². The first-order valence-corrected chi connectivity index (χ1v) is 7.62. The van der Waals surface area contributed by atoms with Crippen LogP contribution in [0.2, 0.25) is 0 Å². The van der Waals surface area contributed by atoms with Gasteiger partial charge >= 0.3 is 6.09 Å². The molecule has 0 aliphatic carbocycles. The van der Waals surface area contributed by atoms with Crippen LogP contribution < -0.4 is 9.64 Å². The highest BCUT2D eigenvalue weighted by Crippen LogP contribution is 2.19. The van der Waals surface area contributed by atoms with Crippen molar-refractivity contribution >= 4 is 11.8 Å². The molecule has 1 amide bonds. The van der Waals surface area contributed by atoms with Crippen molar-refractivity contribution in [3.05, 3.63) is 18.3 Å². The maximum Gasteiger partial charge on any atom is 0.410 e. The third kappa shape index (κ3) is 4.51. The molecule has 1 aliphatic heterocycles. The second-order valence-electron chi connectivity index (χ2n) is 6.37. The number of carbonyl (C=O) groups excluding carboxylic acids is 1. The largest absolute Gasteiger partial charge is 0.481 e. The zero-order valence-electron chi connectivity index (χ0n) is 13.8. The number of methoxy groups -OCH3 is 1. The minimum Gasteiger partial charge on any atom is -0.481 e. The minimum atomic E-state index is -0.455. The predicted molar refractivity (Wildman–Crippen MR) is 85.4 cm³/mol. The highest BCUT2D eigenvalue weighted by molar-refractivity contribution is 5.68. The fourth-order valence-corrected chi connectivity index (χ4v) is 2.37. The number of carbonyl (C=O) groups is 1. The Labute approximate surface area is 132 Å². The molecular formula is C16H25N3O3. The van der Waals surface area contributed by atoms with Crippen LogP contribution in [0.15, 0.2) is 18.3 Å². The second kappa shape index (κ2) is 6.85. The average molecular weight is 307 g/mol. The summed E-state index contributed by atoms with van der Waals surface area (Å²) in [4.78, 5) is 20.4. The maximum atomic E-state index is 12.1. The van der Waals surface area contributed by atoms with Crippen LogP contribution in [0.3, 0.4) is 0 Å². The molecule has 6 heteroatoms. The molecule has 0 radical (unpaired) electrons. The van der Waals surface area contributed by atoms with Crippen LogP contribution in [0.5, 0.6) is 5.88 Å². The van der Waals surface area contributed by atoms with Gasteiger partial charge < -0.3 is 19.3 Å². The molecular weight excluding hydrogens is 282 g/mol. The van der Waals surface area contributed by atoms with E-state index in [-0.39, 0.29) is 6.09 Å². The summed E-state index contributed by atoms with van der Waals surface area (Å²) in [5.41, 5.74) is 0.593. The van der Waals surface area contributed by atoms with Gasteiger partial charge in [0.25, 0.3) is 0 Å². The van der Waals surface area contributed by atoms with Crippen molar-refractivity contribution in [2.75, 3.05) is 38.2 Å². The molecule has 0 aromatic carbocycles. The van der Waals surface area contributed by atoms with Crippen LogP contribution in [-0.4, -0.2) is 54.9 Å². The summed E-state index contributed by atoms with van der Waals surface area (Å²) < 4.78 is 10.5. The van der Waals surface area contributed by atoms with Gasteiger partial charge in [0.05, 0.1) is 19.0 Å². The number of rotatable bonds is 2. The quantitative estimate of drug-likeness (QED) is 0.840. The summed E-state index contributed by atoms with van der Waals surface area (Å²) in [6, 6.07) is 3.85. The lowest BCUT2D eigenvalue weighted by atomic mass is 10.2. The van der Waals surface area contributed by atoms with E-state index in [1.54, 1.807) is 12.0 Å². The average Bonchev–Trinajstić information content (AvgIpc) is 2.71. The van der Waals surface area contributed by atoms with Gasteiger partial charge in [-0.05, 0) is 33.3 Å². The topological polar surface area (TPSA) is 54.9 Å². The van der Waals surface area contributed by atoms with Crippen molar-refractivity contribution in [2.24, 2.45) is 0 Å². The fourth-order valence-electron chi connectivity index (χ4n) is 2.37. The molecule has 1 saturated heterocycles. The van der Waals surface area contributed by atoms with E-state index in [2.05, 4.69) is 9.88 Å². The van der Waals surface area contributed by atoms with Crippen LogP contribution in [-0.2, 0) is 4.74 Å². The second-order valence-corrected chi connectivity index (χ2v) is 6.37. The van der Waals surface area contributed by atoms with Crippen LogP contribution in [0.25, 0.3) is 0 Å².